The Balaban J connectivity index is 3.50. The van der Waals surface area contributed by atoms with Crippen LogP contribution >= 0.6 is 0 Å². The smallest absolute Gasteiger partial charge is 0.306 e. The Labute approximate surface area is 105 Å². The molecule has 0 bridgehead atoms. The Bertz CT molecular complexity index is 244. The van der Waals surface area contributed by atoms with Crippen molar-refractivity contribution in [2.24, 2.45) is 5.92 Å². The number of methoxy groups -OCH3 is 1. The van der Waals surface area contributed by atoms with Gasteiger partial charge in [-0.15, -0.1) is 0 Å². The third-order valence-corrected chi connectivity index (χ3v) is 2.97. The van der Waals surface area contributed by atoms with Crippen LogP contribution in [0.4, 0.5) is 0 Å². The van der Waals surface area contributed by atoms with E-state index >= 15 is 0 Å². The first-order valence-corrected chi connectivity index (χ1v) is 6.34. The van der Waals surface area contributed by atoms with E-state index in [9.17, 15) is 4.79 Å². The molecule has 0 rings (SSSR count). The van der Waals surface area contributed by atoms with Gasteiger partial charge >= 0.3 is 5.97 Å². The normalized spacial score (nSPS) is 14.1. The number of carbonyl (C=O) groups is 1. The summed E-state index contributed by atoms with van der Waals surface area (Å²) in [6.45, 7) is 5.82. The van der Waals surface area contributed by atoms with Gasteiger partial charge in [-0.2, -0.15) is 0 Å². The summed E-state index contributed by atoms with van der Waals surface area (Å²) in [5.74, 6) is -0.898. The molecule has 1 atom stereocenters. The number of carboxylic acid groups (broad SMARTS) is 1. The topological polar surface area (TPSA) is 46.5 Å². The van der Waals surface area contributed by atoms with Crippen LogP contribution in [0.5, 0.6) is 0 Å². The lowest BCUT2D eigenvalue weighted by molar-refractivity contribution is -0.141. The van der Waals surface area contributed by atoms with E-state index in [0.717, 1.165) is 32.1 Å². The summed E-state index contributed by atoms with van der Waals surface area (Å²) in [5, 5.41) is 8.71. The van der Waals surface area contributed by atoms with Crippen LogP contribution in [0.15, 0.2) is 12.2 Å². The number of carboxylic acids is 1. The average molecular weight is 242 g/mol. The van der Waals surface area contributed by atoms with Crippen molar-refractivity contribution < 1.29 is 14.6 Å². The SMILES string of the molecule is COC(C)(C)/C=C/CCCCCC(C)C(=O)O. The van der Waals surface area contributed by atoms with E-state index in [1.54, 1.807) is 14.0 Å². The van der Waals surface area contributed by atoms with Crippen molar-refractivity contribution in [3.05, 3.63) is 12.2 Å². The number of unbranched alkanes of at least 4 members (excludes halogenated alkanes) is 3. The molecule has 0 amide bonds. The maximum absolute atomic E-state index is 10.6. The molecule has 0 aromatic carbocycles. The number of aliphatic carboxylic acids is 1. The second-order valence-electron chi connectivity index (χ2n) is 5.09. The molecule has 0 radical (unpaired) electrons. The van der Waals surface area contributed by atoms with E-state index in [0.29, 0.717) is 0 Å². The van der Waals surface area contributed by atoms with Gasteiger partial charge in [-0.1, -0.05) is 31.9 Å². The highest BCUT2D eigenvalue weighted by Crippen LogP contribution is 2.13. The fraction of sp³-hybridized carbons (Fsp3) is 0.786. The number of hydrogen-bond donors (Lipinski definition) is 1. The molecule has 0 aromatic rings. The van der Waals surface area contributed by atoms with E-state index in [1.165, 1.54) is 0 Å². The molecule has 0 fully saturated rings. The third kappa shape index (κ3) is 8.93. The lowest BCUT2D eigenvalue weighted by Gasteiger charge is -2.17. The largest absolute Gasteiger partial charge is 0.481 e. The van der Waals surface area contributed by atoms with E-state index in [-0.39, 0.29) is 11.5 Å². The Hall–Kier alpha value is -0.830. The predicted octanol–water partition coefficient (Wildman–Crippen LogP) is 3.64. The Morgan fingerprint density at radius 3 is 2.53 bits per heavy atom. The van der Waals surface area contributed by atoms with Crippen LogP contribution < -0.4 is 0 Å². The molecule has 17 heavy (non-hydrogen) atoms. The number of ether oxygens (including phenoxy) is 1. The molecule has 1 unspecified atom stereocenters. The van der Waals surface area contributed by atoms with Crippen molar-refractivity contribution in [1.29, 1.82) is 0 Å². The summed E-state index contributed by atoms with van der Waals surface area (Å²) in [4.78, 5) is 10.6. The van der Waals surface area contributed by atoms with Crippen molar-refractivity contribution in [3.63, 3.8) is 0 Å². The summed E-state index contributed by atoms with van der Waals surface area (Å²) in [5.41, 5.74) is -0.183. The van der Waals surface area contributed by atoms with Gasteiger partial charge in [-0.05, 0) is 33.1 Å². The van der Waals surface area contributed by atoms with Crippen LogP contribution in [-0.2, 0) is 9.53 Å². The van der Waals surface area contributed by atoms with Gasteiger partial charge in [0.1, 0.15) is 0 Å². The van der Waals surface area contributed by atoms with Crippen LogP contribution in [0.1, 0.15) is 52.9 Å². The van der Waals surface area contributed by atoms with E-state index in [1.807, 2.05) is 13.8 Å². The number of allylic oxidation sites excluding steroid dienone is 1. The van der Waals surface area contributed by atoms with Gasteiger partial charge < -0.3 is 9.84 Å². The predicted molar refractivity (Wildman–Crippen MR) is 70.1 cm³/mol. The standard InChI is InChI=1S/C14H26O3/c1-12(13(15)16)10-8-6-5-7-9-11-14(2,3)17-4/h9,11-12H,5-8,10H2,1-4H3,(H,15,16)/b11-9+. The number of hydrogen-bond acceptors (Lipinski definition) is 2. The molecule has 0 aliphatic heterocycles. The minimum absolute atomic E-state index is 0.183. The fourth-order valence-corrected chi connectivity index (χ4v) is 1.45. The van der Waals surface area contributed by atoms with Crippen LogP contribution in [0.25, 0.3) is 0 Å². The summed E-state index contributed by atoms with van der Waals surface area (Å²) >= 11 is 0. The van der Waals surface area contributed by atoms with Crippen LogP contribution in [-0.4, -0.2) is 23.8 Å². The quantitative estimate of drug-likeness (QED) is 0.496. The molecule has 0 aliphatic rings. The lowest BCUT2D eigenvalue weighted by Crippen LogP contribution is -2.18. The molecule has 0 saturated heterocycles. The summed E-state index contributed by atoms with van der Waals surface area (Å²) < 4.78 is 5.27. The third-order valence-electron chi connectivity index (χ3n) is 2.97. The highest BCUT2D eigenvalue weighted by atomic mass is 16.5. The minimum atomic E-state index is -0.688. The molecule has 0 aliphatic carbocycles. The minimum Gasteiger partial charge on any atom is -0.481 e. The van der Waals surface area contributed by atoms with Crippen molar-refractivity contribution in [3.8, 4) is 0 Å². The summed E-state index contributed by atoms with van der Waals surface area (Å²) in [6, 6.07) is 0. The first kappa shape index (κ1) is 16.2. The first-order chi connectivity index (χ1) is 7.89. The molecule has 100 valence electrons. The summed E-state index contributed by atoms with van der Waals surface area (Å²) in [6.07, 6.45) is 9.24. The van der Waals surface area contributed by atoms with Gasteiger partial charge in [0, 0.05) is 7.11 Å². The Morgan fingerprint density at radius 2 is 2.00 bits per heavy atom. The van der Waals surface area contributed by atoms with Gasteiger partial charge in [0.15, 0.2) is 0 Å². The molecule has 0 heterocycles. The molecule has 3 heteroatoms. The zero-order chi connectivity index (χ0) is 13.3. The van der Waals surface area contributed by atoms with Crippen molar-refractivity contribution in [1.82, 2.24) is 0 Å². The van der Waals surface area contributed by atoms with Gasteiger partial charge in [0.05, 0.1) is 11.5 Å². The van der Waals surface area contributed by atoms with Crippen LogP contribution in [0.2, 0.25) is 0 Å². The molecular weight excluding hydrogens is 216 g/mol. The van der Waals surface area contributed by atoms with Crippen LogP contribution in [0, 0.1) is 5.92 Å². The van der Waals surface area contributed by atoms with Gasteiger partial charge in [-0.3, -0.25) is 4.79 Å². The molecule has 0 spiro atoms. The Morgan fingerprint density at radius 1 is 1.35 bits per heavy atom. The molecule has 1 N–H and O–H groups in total. The van der Waals surface area contributed by atoms with Gasteiger partial charge in [0.2, 0.25) is 0 Å². The van der Waals surface area contributed by atoms with Crippen molar-refractivity contribution in [2.75, 3.05) is 7.11 Å². The molecule has 0 saturated carbocycles. The molecule has 0 aromatic heterocycles. The van der Waals surface area contributed by atoms with E-state index in [2.05, 4.69) is 12.2 Å². The monoisotopic (exact) mass is 242 g/mol. The van der Waals surface area contributed by atoms with Gasteiger partial charge in [-0.25, -0.2) is 0 Å². The van der Waals surface area contributed by atoms with Crippen LogP contribution in [0.3, 0.4) is 0 Å². The molecule has 3 nitrogen and oxygen atoms in total. The highest BCUT2D eigenvalue weighted by molar-refractivity contribution is 5.69. The number of rotatable bonds is 9. The van der Waals surface area contributed by atoms with Crippen molar-refractivity contribution in [2.45, 2.75) is 58.5 Å². The maximum Gasteiger partial charge on any atom is 0.306 e. The second-order valence-corrected chi connectivity index (χ2v) is 5.09. The average Bonchev–Trinajstić information content (AvgIpc) is 2.27. The zero-order valence-corrected chi connectivity index (χ0v) is 11.5. The van der Waals surface area contributed by atoms with E-state index in [4.69, 9.17) is 9.84 Å². The summed E-state index contributed by atoms with van der Waals surface area (Å²) in [7, 11) is 1.71. The molecular formula is C14H26O3. The van der Waals surface area contributed by atoms with Crippen molar-refractivity contribution >= 4 is 5.97 Å². The fourth-order valence-electron chi connectivity index (χ4n) is 1.45. The van der Waals surface area contributed by atoms with E-state index < -0.39 is 5.97 Å². The Kier molecular flexibility index (Phi) is 7.88. The highest BCUT2D eigenvalue weighted by Gasteiger charge is 2.10. The first-order valence-electron chi connectivity index (χ1n) is 6.34. The van der Waals surface area contributed by atoms with Gasteiger partial charge in [0.25, 0.3) is 0 Å². The zero-order valence-electron chi connectivity index (χ0n) is 11.5. The maximum atomic E-state index is 10.6. The lowest BCUT2D eigenvalue weighted by atomic mass is 10.0. The second kappa shape index (κ2) is 8.29.